The van der Waals surface area contributed by atoms with E-state index >= 15 is 0 Å². The molecule has 0 radical (unpaired) electrons. The lowest BCUT2D eigenvalue weighted by atomic mass is 9.91. The van der Waals surface area contributed by atoms with Crippen molar-refractivity contribution in [3.63, 3.8) is 0 Å². The molecule has 4 atom stereocenters. The van der Waals surface area contributed by atoms with Crippen molar-refractivity contribution in [1.29, 1.82) is 0 Å². The predicted octanol–water partition coefficient (Wildman–Crippen LogP) is 5.51. The number of hydrogen-bond acceptors (Lipinski definition) is 7. The largest absolute Gasteiger partial charge is 0.393 e. The molecule has 2 aliphatic rings. The van der Waals surface area contributed by atoms with Crippen molar-refractivity contribution in [2.24, 2.45) is 5.92 Å². The van der Waals surface area contributed by atoms with Gasteiger partial charge in [-0.2, -0.15) is 8.78 Å². The Hall–Kier alpha value is -2.46. The van der Waals surface area contributed by atoms with Gasteiger partial charge in [0.05, 0.1) is 16.5 Å². The number of rotatable bonds is 5. The molecule has 3 heterocycles. The van der Waals surface area contributed by atoms with Crippen molar-refractivity contribution in [3.8, 4) is 0 Å². The van der Waals surface area contributed by atoms with E-state index in [0.717, 1.165) is 11.3 Å². The van der Waals surface area contributed by atoms with Crippen molar-refractivity contribution in [1.82, 2.24) is 9.97 Å². The van der Waals surface area contributed by atoms with Gasteiger partial charge in [-0.15, -0.1) is 11.3 Å². The number of alkyl halides is 2. The number of nitrogens with zero attached hydrogens (tertiary/aromatic N) is 2. The SMILES string of the molecule is Cc1sc(C(=O)c2cncnc2N[C@@H]2C[C@@H](C)[C@@H](O)C2)cc1[C@H]1OCC(F)(F)c2ccc(Cl)cc21. The fourth-order valence-corrected chi connectivity index (χ4v) is 6.03. The van der Waals surface area contributed by atoms with E-state index in [-0.39, 0.29) is 23.3 Å². The minimum Gasteiger partial charge on any atom is -0.393 e. The molecule has 1 aliphatic carbocycles. The van der Waals surface area contributed by atoms with E-state index in [1.807, 2.05) is 13.8 Å². The Morgan fingerprint density at radius 1 is 1.29 bits per heavy atom. The zero-order valence-electron chi connectivity index (χ0n) is 19.1. The molecule has 1 aliphatic heterocycles. The molecule has 1 fully saturated rings. The third kappa shape index (κ3) is 4.58. The Kier molecular flexibility index (Phi) is 6.37. The number of carbonyl (C=O) groups is 1. The van der Waals surface area contributed by atoms with Gasteiger partial charge in [0.1, 0.15) is 24.9 Å². The summed E-state index contributed by atoms with van der Waals surface area (Å²) in [6, 6.07) is 5.97. The molecule has 1 saturated carbocycles. The average Bonchev–Trinajstić information content (AvgIpc) is 3.34. The van der Waals surface area contributed by atoms with Crippen LogP contribution in [0.1, 0.15) is 62.7 Å². The van der Waals surface area contributed by atoms with Crippen molar-refractivity contribution in [2.45, 2.75) is 50.9 Å². The van der Waals surface area contributed by atoms with E-state index in [9.17, 15) is 18.7 Å². The predicted molar refractivity (Wildman–Crippen MR) is 129 cm³/mol. The smallest absolute Gasteiger partial charge is 0.296 e. The molecule has 5 rings (SSSR count). The molecule has 184 valence electrons. The van der Waals surface area contributed by atoms with Crippen LogP contribution in [-0.4, -0.2) is 39.6 Å². The summed E-state index contributed by atoms with van der Waals surface area (Å²) in [6.07, 6.45) is 3.03. The maximum Gasteiger partial charge on any atom is 0.296 e. The Balaban J connectivity index is 1.45. The fourth-order valence-electron chi connectivity index (χ4n) is 4.85. The second kappa shape index (κ2) is 9.20. The van der Waals surface area contributed by atoms with Gasteiger partial charge in [0.25, 0.3) is 5.92 Å². The number of hydrogen-bond donors (Lipinski definition) is 2. The molecule has 6 nitrogen and oxygen atoms in total. The number of aromatic nitrogens is 2. The molecule has 10 heteroatoms. The van der Waals surface area contributed by atoms with E-state index in [2.05, 4.69) is 15.3 Å². The summed E-state index contributed by atoms with van der Waals surface area (Å²) >= 11 is 7.38. The average molecular weight is 520 g/mol. The molecule has 35 heavy (non-hydrogen) atoms. The van der Waals surface area contributed by atoms with Crippen molar-refractivity contribution >= 4 is 34.5 Å². The zero-order valence-corrected chi connectivity index (χ0v) is 20.7. The Labute approximate surface area is 210 Å². The highest BCUT2D eigenvalue weighted by Crippen LogP contribution is 2.45. The van der Waals surface area contributed by atoms with Crippen LogP contribution in [0.3, 0.4) is 0 Å². The first-order chi connectivity index (χ1) is 16.6. The number of carbonyl (C=O) groups excluding carboxylic acids is 1. The molecule has 0 unspecified atom stereocenters. The number of halogens is 3. The van der Waals surface area contributed by atoms with Crippen LogP contribution in [0.15, 0.2) is 36.8 Å². The number of nitrogens with one attached hydrogen (secondary N) is 1. The molecule has 2 aromatic heterocycles. The number of aliphatic hydroxyl groups excluding tert-OH is 1. The van der Waals surface area contributed by atoms with Gasteiger partial charge in [0, 0.05) is 27.7 Å². The van der Waals surface area contributed by atoms with Crippen LogP contribution in [-0.2, 0) is 10.7 Å². The molecular formula is C25H24ClF2N3O3S. The number of fused-ring (bicyclic) bond motifs is 1. The molecular weight excluding hydrogens is 496 g/mol. The number of aryl methyl sites for hydroxylation is 1. The van der Waals surface area contributed by atoms with E-state index < -0.39 is 24.7 Å². The highest BCUT2D eigenvalue weighted by Gasteiger charge is 2.42. The number of thiophene rings is 1. The summed E-state index contributed by atoms with van der Waals surface area (Å²) < 4.78 is 34.6. The third-order valence-corrected chi connectivity index (χ3v) is 8.02. The van der Waals surface area contributed by atoms with Crippen LogP contribution >= 0.6 is 22.9 Å². The molecule has 3 aromatic rings. The Morgan fingerprint density at radius 2 is 2.09 bits per heavy atom. The number of anilines is 1. The molecule has 0 amide bonds. The van der Waals surface area contributed by atoms with Crippen LogP contribution in [0.2, 0.25) is 5.02 Å². The van der Waals surface area contributed by atoms with Gasteiger partial charge in [-0.05, 0) is 55.0 Å². The summed E-state index contributed by atoms with van der Waals surface area (Å²) in [6.45, 7) is 3.07. The van der Waals surface area contributed by atoms with Gasteiger partial charge >= 0.3 is 0 Å². The van der Waals surface area contributed by atoms with Gasteiger partial charge < -0.3 is 15.2 Å². The van der Waals surface area contributed by atoms with E-state index in [1.165, 1.54) is 42.1 Å². The number of ketones is 1. The summed E-state index contributed by atoms with van der Waals surface area (Å²) in [5, 5.41) is 13.7. The molecule has 0 saturated heterocycles. The normalized spacial score (nSPS) is 25.3. The van der Waals surface area contributed by atoms with Gasteiger partial charge in [-0.3, -0.25) is 4.79 Å². The lowest BCUT2D eigenvalue weighted by Gasteiger charge is -2.32. The molecule has 1 aromatic carbocycles. The number of aliphatic hydroxyl groups is 1. The lowest BCUT2D eigenvalue weighted by Crippen LogP contribution is -2.31. The number of benzene rings is 1. The topological polar surface area (TPSA) is 84.3 Å². The molecule has 2 N–H and O–H groups in total. The highest BCUT2D eigenvalue weighted by atomic mass is 35.5. The Bertz CT molecular complexity index is 1270. The first-order valence-electron chi connectivity index (χ1n) is 11.3. The zero-order chi connectivity index (χ0) is 24.9. The standard InChI is InChI=1S/C25H24ClF2N3O3S/c1-12-5-15(7-20(12)32)31-24-18(9-29-11-30-24)22(33)21-8-16(13(2)35-21)23-17-6-14(26)3-4-19(17)25(27,28)10-34-23/h3-4,6,8-9,11-12,15,20,23,32H,5,7,10H2,1-2H3,(H,29,30,31)/t12-,15-,20+,23-/m1/s1. The lowest BCUT2D eigenvalue weighted by molar-refractivity contribution is -0.115. The van der Waals surface area contributed by atoms with Gasteiger partial charge in [0.15, 0.2) is 0 Å². The first-order valence-corrected chi connectivity index (χ1v) is 12.5. The van der Waals surface area contributed by atoms with Crippen molar-refractivity contribution < 1.29 is 23.4 Å². The molecule has 0 bridgehead atoms. The fraction of sp³-hybridized carbons (Fsp3) is 0.400. The van der Waals surface area contributed by atoms with E-state index in [0.29, 0.717) is 38.8 Å². The summed E-state index contributed by atoms with van der Waals surface area (Å²) in [4.78, 5) is 23.0. The maximum absolute atomic E-state index is 14.5. The summed E-state index contributed by atoms with van der Waals surface area (Å²) in [5.74, 6) is -2.82. The second-order valence-electron chi connectivity index (χ2n) is 9.22. The quantitative estimate of drug-likeness (QED) is 0.432. The van der Waals surface area contributed by atoms with Crippen LogP contribution < -0.4 is 5.32 Å². The highest BCUT2D eigenvalue weighted by molar-refractivity contribution is 7.14. The monoisotopic (exact) mass is 519 g/mol. The van der Waals surface area contributed by atoms with Crippen LogP contribution in [0.5, 0.6) is 0 Å². The maximum atomic E-state index is 14.5. The van der Waals surface area contributed by atoms with E-state index in [4.69, 9.17) is 16.3 Å². The summed E-state index contributed by atoms with van der Waals surface area (Å²) in [5.41, 5.74) is 1.14. The van der Waals surface area contributed by atoms with Crippen molar-refractivity contribution in [3.05, 3.63) is 73.8 Å². The van der Waals surface area contributed by atoms with Gasteiger partial charge in [0.2, 0.25) is 5.78 Å². The minimum absolute atomic E-state index is 0.000592. The van der Waals surface area contributed by atoms with Gasteiger partial charge in [-0.1, -0.05) is 24.6 Å². The molecule has 0 spiro atoms. The summed E-state index contributed by atoms with van der Waals surface area (Å²) in [7, 11) is 0. The van der Waals surface area contributed by atoms with Crippen molar-refractivity contribution in [2.75, 3.05) is 11.9 Å². The number of ether oxygens (including phenoxy) is 1. The Morgan fingerprint density at radius 3 is 2.83 bits per heavy atom. The van der Waals surface area contributed by atoms with Crippen LogP contribution in [0, 0.1) is 12.8 Å². The first kappa shape index (κ1) is 24.2. The van der Waals surface area contributed by atoms with Crippen LogP contribution in [0.4, 0.5) is 14.6 Å². The minimum atomic E-state index is -3.12. The van der Waals surface area contributed by atoms with Crippen LogP contribution in [0.25, 0.3) is 0 Å². The third-order valence-electron chi connectivity index (χ3n) is 6.72. The van der Waals surface area contributed by atoms with Gasteiger partial charge in [-0.25, -0.2) is 9.97 Å². The second-order valence-corrected chi connectivity index (χ2v) is 10.9. The van der Waals surface area contributed by atoms with E-state index in [1.54, 1.807) is 6.07 Å².